The number of rotatable bonds is 7. The molecule has 1 saturated heterocycles. The number of nitriles is 1. The van der Waals surface area contributed by atoms with Crippen LogP contribution in [0.15, 0.2) is 28.8 Å². The average molecular weight is 341 g/mol. The molecule has 0 unspecified atom stereocenters. The lowest BCUT2D eigenvalue weighted by atomic mass is 10.2. The van der Waals surface area contributed by atoms with E-state index >= 15 is 0 Å². The Hall–Kier alpha value is -2.43. The number of likely N-dealkylation sites (N-methyl/N-ethyl adjacent to an activating group) is 1. The molecule has 1 aromatic carbocycles. The molecule has 7 nitrogen and oxygen atoms in total. The van der Waals surface area contributed by atoms with Crippen LogP contribution in [0, 0.1) is 18.3 Å². The summed E-state index contributed by atoms with van der Waals surface area (Å²) in [5.74, 6) is 2.15. The van der Waals surface area contributed by atoms with Crippen LogP contribution in [0.2, 0.25) is 0 Å². The summed E-state index contributed by atoms with van der Waals surface area (Å²) in [6.45, 7) is 6.14. The number of likely N-dealkylation sites (tertiary alicyclic amines) is 1. The van der Waals surface area contributed by atoms with Crippen LogP contribution in [0.25, 0.3) is 0 Å². The Morgan fingerprint density at radius 1 is 1.40 bits per heavy atom. The van der Waals surface area contributed by atoms with Crippen molar-refractivity contribution < 1.29 is 9.26 Å². The topological polar surface area (TPSA) is 78.4 Å². The van der Waals surface area contributed by atoms with Gasteiger partial charge in [-0.05, 0) is 44.3 Å². The van der Waals surface area contributed by atoms with Crippen molar-refractivity contribution in [3.05, 3.63) is 41.5 Å². The molecule has 0 radical (unpaired) electrons. The molecule has 1 aliphatic rings. The summed E-state index contributed by atoms with van der Waals surface area (Å²) in [6.07, 6.45) is 1.13. The van der Waals surface area contributed by atoms with E-state index in [2.05, 4.69) is 33.1 Å². The number of benzene rings is 1. The summed E-state index contributed by atoms with van der Waals surface area (Å²) < 4.78 is 10.8. The third-order valence-electron chi connectivity index (χ3n) is 4.49. The van der Waals surface area contributed by atoms with E-state index in [1.54, 1.807) is 12.1 Å². The molecule has 0 amide bonds. The molecule has 0 spiro atoms. The van der Waals surface area contributed by atoms with Gasteiger partial charge in [-0.25, -0.2) is 0 Å². The molecule has 1 aromatic heterocycles. The minimum absolute atomic E-state index is 0.494. The van der Waals surface area contributed by atoms with Crippen molar-refractivity contribution in [1.29, 1.82) is 5.26 Å². The highest BCUT2D eigenvalue weighted by Gasteiger charge is 2.26. The Morgan fingerprint density at radius 2 is 2.20 bits per heavy atom. The van der Waals surface area contributed by atoms with Crippen molar-refractivity contribution >= 4 is 0 Å². The van der Waals surface area contributed by atoms with Crippen LogP contribution in [0.1, 0.15) is 23.7 Å². The van der Waals surface area contributed by atoms with Gasteiger partial charge < -0.3 is 9.26 Å². The van der Waals surface area contributed by atoms with Gasteiger partial charge in [0.05, 0.1) is 18.2 Å². The van der Waals surface area contributed by atoms with Crippen LogP contribution >= 0.6 is 0 Å². The Morgan fingerprint density at radius 3 is 2.88 bits per heavy atom. The maximum Gasteiger partial charge on any atom is 0.223 e. The number of hydrogen-bond donors (Lipinski definition) is 0. The number of nitrogens with zero attached hydrogens (tertiary/aromatic N) is 5. The predicted octanol–water partition coefficient (Wildman–Crippen LogP) is 1.83. The molecule has 132 valence electrons. The molecule has 1 fully saturated rings. The quantitative estimate of drug-likeness (QED) is 0.760. The fraction of sp³-hybridized carbons (Fsp3) is 0.500. The van der Waals surface area contributed by atoms with Gasteiger partial charge in [0.1, 0.15) is 12.4 Å². The van der Waals surface area contributed by atoms with Crippen molar-refractivity contribution in [2.45, 2.75) is 25.9 Å². The summed E-state index contributed by atoms with van der Waals surface area (Å²) >= 11 is 0. The number of ether oxygens (including phenoxy) is 1. The Bertz CT molecular complexity index is 722. The van der Waals surface area contributed by atoms with Gasteiger partial charge in [0.15, 0.2) is 5.82 Å². The molecule has 0 bridgehead atoms. The summed E-state index contributed by atoms with van der Waals surface area (Å²) in [4.78, 5) is 8.96. The lowest BCUT2D eigenvalue weighted by molar-refractivity contribution is 0.200. The minimum atomic E-state index is 0.494. The average Bonchev–Trinajstić information content (AvgIpc) is 3.25. The lowest BCUT2D eigenvalue weighted by Gasteiger charge is -2.23. The van der Waals surface area contributed by atoms with Gasteiger partial charge in [0.2, 0.25) is 5.89 Å². The molecule has 0 N–H and O–H groups in total. The molecule has 25 heavy (non-hydrogen) atoms. The van der Waals surface area contributed by atoms with Gasteiger partial charge in [-0.3, -0.25) is 9.80 Å². The van der Waals surface area contributed by atoms with Gasteiger partial charge in [-0.15, -0.1) is 0 Å². The van der Waals surface area contributed by atoms with E-state index in [-0.39, 0.29) is 0 Å². The standard InChI is InChI=1S/C18H23N5O2/c1-14-20-18(21-25-14)13-22(2)16-7-8-23(12-16)9-10-24-17-5-3-15(11-19)4-6-17/h3-6,16H,7-10,12-13H2,1-2H3/t16-/m0/s1. The van der Waals surface area contributed by atoms with Crippen LogP contribution in [0.3, 0.4) is 0 Å². The Kier molecular flexibility index (Phi) is 5.64. The molecule has 2 heterocycles. The fourth-order valence-corrected chi connectivity index (χ4v) is 3.05. The van der Waals surface area contributed by atoms with Crippen molar-refractivity contribution in [3.8, 4) is 11.8 Å². The molecule has 0 aliphatic carbocycles. The molecule has 1 atom stereocenters. The van der Waals surface area contributed by atoms with E-state index in [0.717, 1.165) is 37.6 Å². The largest absolute Gasteiger partial charge is 0.492 e. The Balaban J connectivity index is 1.39. The van der Waals surface area contributed by atoms with Crippen LogP contribution in [0.4, 0.5) is 0 Å². The predicted molar refractivity (Wildman–Crippen MR) is 92.0 cm³/mol. The van der Waals surface area contributed by atoms with E-state index in [0.29, 0.717) is 30.6 Å². The first-order valence-corrected chi connectivity index (χ1v) is 8.49. The van der Waals surface area contributed by atoms with Crippen molar-refractivity contribution in [2.24, 2.45) is 0 Å². The maximum absolute atomic E-state index is 8.80. The first-order chi connectivity index (χ1) is 12.1. The van der Waals surface area contributed by atoms with E-state index in [4.69, 9.17) is 14.5 Å². The summed E-state index contributed by atoms with van der Waals surface area (Å²) in [6, 6.07) is 9.83. The van der Waals surface area contributed by atoms with E-state index < -0.39 is 0 Å². The SMILES string of the molecule is Cc1nc(CN(C)[C@H]2CCN(CCOc3ccc(C#N)cc3)C2)no1. The van der Waals surface area contributed by atoms with E-state index in [1.807, 2.05) is 19.1 Å². The highest BCUT2D eigenvalue weighted by atomic mass is 16.5. The van der Waals surface area contributed by atoms with Gasteiger partial charge >= 0.3 is 0 Å². The molecule has 3 rings (SSSR count). The molecule has 1 aliphatic heterocycles. The highest BCUT2D eigenvalue weighted by molar-refractivity contribution is 5.34. The first kappa shape index (κ1) is 17.4. The first-order valence-electron chi connectivity index (χ1n) is 8.49. The highest BCUT2D eigenvalue weighted by Crippen LogP contribution is 2.16. The molecular weight excluding hydrogens is 318 g/mol. The van der Waals surface area contributed by atoms with Gasteiger partial charge in [-0.2, -0.15) is 10.2 Å². The normalized spacial score (nSPS) is 17.8. The van der Waals surface area contributed by atoms with Crippen LogP contribution in [-0.4, -0.2) is 59.3 Å². The van der Waals surface area contributed by atoms with Crippen LogP contribution in [0.5, 0.6) is 5.75 Å². The molecule has 0 saturated carbocycles. The lowest BCUT2D eigenvalue weighted by Crippen LogP contribution is -2.35. The maximum atomic E-state index is 8.80. The van der Waals surface area contributed by atoms with Gasteiger partial charge in [-0.1, -0.05) is 5.16 Å². The second-order valence-corrected chi connectivity index (χ2v) is 6.37. The molecule has 2 aromatic rings. The van der Waals surface area contributed by atoms with Crippen LogP contribution in [-0.2, 0) is 6.54 Å². The van der Waals surface area contributed by atoms with E-state index in [1.165, 1.54) is 0 Å². The molecule has 7 heteroatoms. The van der Waals surface area contributed by atoms with Crippen LogP contribution < -0.4 is 4.74 Å². The second-order valence-electron chi connectivity index (χ2n) is 6.37. The van der Waals surface area contributed by atoms with Crippen molar-refractivity contribution in [2.75, 3.05) is 33.3 Å². The number of aryl methyl sites for hydroxylation is 1. The van der Waals surface area contributed by atoms with Crippen molar-refractivity contribution in [3.63, 3.8) is 0 Å². The van der Waals surface area contributed by atoms with E-state index in [9.17, 15) is 0 Å². The van der Waals surface area contributed by atoms with Gasteiger partial charge in [0.25, 0.3) is 0 Å². The minimum Gasteiger partial charge on any atom is -0.492 e. The smallest absolute Gasteiger partial charge is 0.223 e. The fourth-order valence-electron chi connectivity index (χ4n) is 3.05. The monoisotopic (exact) mass is 341 g/mol. The zero-order chi connectivity index (χ0) is 17.6. The Labute approximate surface area is 147 Å². The molecular formula is C18H23N5O2. The third-order valence-corrected chi connectivity index (χ3v) is 4.49. The second kappa shape index (κ2) is 8.10. The zero-order valence-corrected chi connectivity index (χ0v) is 14.7. The number of hydrogen-bond acceptors (Lipinski definition) is 7. The summed E-state index contributed by atoms with van der Waals surface area (Å²) in [5, 5.41) is 12.8. The van der Waals surface area contributed by atoms with Crippen molar-refractivity contribution in [1.82, 2.24) is 19.9 Å². The zero-order valence-electron chi connectivity index (χ0n) is 14.7. The number of aromatic nitrogens is 2. The third kappa shape index (κ3) is 4.78. The van der Waals surface area contributed by atoms with Gasteiger partial charge in [0, 0.05) is 26.1 Å². The summed E-state index contributed by atoms with van der Waals surface area (Å²) in [5.41, 5.74) is 0.648. The summed E-state index contributed by atoms with van der Waals surface area (Å²) in [7, 11) is 2.10.